The molecule has 1 atom stereocenters. The van der Waals surface area contributed by atoms with Gasteiger partial charge in [0.2, 0.25) is 0 Å². The maximum absolute atomic E-state index is 12.3. The Bertz CT molecular complexity index is 272. The van der Waals surface area contributed by atoms with Gasteiger partial charge in [-0.1, -0.05) is 33.1 Å². The highest BCUT2D eigenvalue weighted by Crippen LogP contribution is 2.24. The van der Waals surface area contributed by atoms with Gasteiger partial charge in [-0.05, 0) is 45.4 Å². The molecule has 0 heterocycles. The van der Waals surface area contributed by atoms with Crippen LogP contribution in [-0.4, -0.2) is 24.2 Å². The number of esters is 1. The molecule has 3 heteroatoms. The normalized spacial score (nSPS) is 20.3. The second-order valence-corrected chi connectivity index (χ2v) is 6.46. The van der Waals surface area contributed by atoms with Crippen LogP contribution in [0.4, 0.5) is 0 Å². The summed E-state index contributed by atoms with van der Waals surface area (Å²) in [7, 11) is 0. The minimum Gasteiger partial charge on any atom is -0.465 e. The molecule has 1 aliphatic rings. The van der Waals surface area contributed by atoms with Crippen LogP contribution in [0.2, 0.25) is 0 Å². The van der Waals surface area contributed by atoms with Gasteiger partial charge in [-0.3, -0.25) is 10.1 Å². The molecule has 0 saturated heterocycles. The molecule has 0 amide bonds. The van der Waals surface area contributed by atoms with E-state index in [1.165, 1.54) is 32.1 Å². The van der Waals surface area contributed by atoms with E-state index in [1.54, 1.807) is 0 Å². The van der Waals surface area contributed by atoms with Crippen LogP contribution in [0.1, 0.15) is 72.6 Å². The molecule has 0 aromatic rings. The van der Waals surface area contributed by atoms with Crippen molar-refractivity contribution in [3.05, 3.63) is 0 Å². The number of rotatable bonds is 7. The van der Waals surface area contributed by atoms with Crippen molar-refractivity contribution >= 4 is 5.97 Å². The zero-order chi connectivity index (χ0) is 14.3. The average molecular weight is 269 g/mol. The van der Waals surface area contributed by atoms with Crippen LogP contribution in [0.3, 0.4) is 0 Å². The third-order valence-electron chi connectivity index (χ3n) is 4.08. The zero-order valence-corrected chi connectivity index (χ0v) is 13.1. The van der Waals surface area contributed by atoms with Crippen molar-refractivity contribution in [2.45, 2.75) is 84.2 Å². The number of ether oxygens (including phenoxy) is 1. The molecule has 1 fully saturated rings. The van der Waals surface area contributed by atoms with Crippen molar-refractivity contribution in [2.24, 2.45) is 5.92 Å². The summed E-state index contributed by atoms with van der Waals surface area (Å²) in [6.45, 7) is 8.75. The van der Waals surface area contributed by atoms with E-state index in [1.807, 2.05) is 13.8 Å². The Kier molecular flexibility index (Phi) is 6.84. The van der Waals surface area contributed by atoms with Crippen molar-refractivity contribution in [1.82, 2.24) is 5.32 Å². The SMILES string of the molecule is CCOC(=O)C(C)(CCC(C)C)NC1CCCCC1. The molecular weight excluding hydrogens is 238 g/mol. The minimum absolute atomic E-state index is 0.0822. The van der Waals surface area contributed by atoms with Gasteiger partial charge in [-0.15, -0.1) is 0 Å². The van der Waals surface area contributed by atoms with Gasteiger partial charge in [0.15, 0.2) is 0 Å². The Balaban J connectivity index is 2.63. The fraction of sp³-hybridized carbons (Fsp3) is 0.938. The van der Waals surface area contributed by atoms with E-state index in [9.17, 15) is 4.79 Å². The first-order chi connectivity index (χ1) is 8.98. The predicted octanol–water partition coefficient (Wildman–Crippen LogP) is 3.67. The molecule has 1 N–H and O–H groups in total. The van der Waals surface area contributed by atoms with E-state index >= 15 is 0 Å². The summed E-state index contributed by atoms with van der Waals surface area (Å²) in [5.41, 5.74) is -0.512. The molecule has 112 valence electrons. The Morgan fingerprint density at radius 1 is 1.32 bits per heavy atom. The monoisotopic (exact) mass is 269 g/mol. The molecular formula is C16H31NO2. The van der Waals surface area contributed by atoms with Gasteiger partial charge in [0.25, 0.3) is 0 Å². The number of nitrogens with one attached hydrogen (secondary N) is 1. The molecule has 0 spiro atoms. The zero-order valence-electron chi connectivity index (χ0n) is 13.1. The van der Waals surface area contributed by atoms with Crippen molar-refractivity contribution in [3.8, 4) is 0 Å². The van der Waals surface area contributed by atoms with Crippen molar-refractivity contribution in [3.63, 3.8) is 0 Å². The molecule has 1 unspecified atom stereocenters. The molecule has 0 aliphatic heterocycles. The van der Waals surface area contributed by atoms with Crippen molar-refractivity contribution in [2.75, 3.05) is 6.61 Å². The number of hydrogen-bond acceptors (Lipinski definition) is 3. The van der Waals surface area contributed by atoms with Crippen LogP contribution < -0.4 is 5.32 Å². The third-order valence-corrected chi connectivity index (χ3v) is 4.08. The fourth-order valence-corrected chi connectivity index (χ4v) is 2.80. The van der Waals surface area contributed by atoms with Crippen LogP contribution in [0, 0.1) is 5.92 Å². The molecule has 0 bridgehead atoms. The van der Waals surface area contributed by atoms with Crippen LogP contribution in [0.5, 0.6) is 0 Å². The summed E-state index contributed by atoms with van der Waals surface area (Å²) in [5, 5.41) is 3.60. The first-order valence-electron chi connectivity index (χ1n) is 7.93. The molecule has 1 saturated carbocycles. The maximum atomic E-state index is 12.3. The third kappa shape index (κ3) is 5.52. The van der Waals surface area contributed by atoms with E-state index in [0.29, 0.717) is 18.6 Å². The van der Waals surface area contributed by atoms with Crippen molar-refractivity contribution in [1.29, 1.82) is 0 Å². The lowest BCUT2D eigenvalue weighted by atomic mass is 9.88. The van der Waals surface area contributed by atoms with Gasteiger partial charge in [0, 0.05) is 6.04 Å². The first kappa shape index (κ1) is 16.5. The Morgan fingerprint density at radius 3 is 2.47 bits per heavy atom. The topological polar surface area (TPSA) is 38.3 Å². The van der Waals surface area contributed by atoms with Gasteiger partial charge < -0.3 is 4.74 Å². The predicted molar refractivity (Wildman–Crippen MR) is 79.1 cm³/mol. The van der Waals surface area contributed by atoms with Gasteiger partial charge in [0.05, 0.1) is 6.61 Å². The maximum Gasteiger partial charge on any atom is 0.326 e. The second-order valence-electron chi connectivity index (χ2n) is 6.46. The van der Waals surface area contributed by atoms with E-state index in [2.05, 4.69) is 19.2 Å². The Labute approximate surface area is 118 Å². The second kappa shape index (κ2) is 7.88. The van der Waals surface area contributed by atoms with Crippen molar-refractivity contribution < 1.29 is 9.53 Å². The smallest absolute Gasteiger partial charge is 0.326 e. The molecule has 1 aliphatic carbocycles. The van der Waals surface area contributed by atoms with Gasteiger partial charge in [0.1, 0.15) is 5.54 Å². The number of carbonyl (C=O) groups excluding carboxylic acids is 1. The molecule has 1 rings (SSSR count). The molecule has 3 nitrogen and oxygen atoms in total. The van der Waals surface area contributed by atoms with Crippen LogP contribution in [-0.2, 0) is 9.53 Å². The Morgan fingerprint density at radius 2 is 1.95 bits per heavy atom. The van der Waals surface area contributed by atoms with Gasteiger partial charge >= 0.3 is 5.97 Å². The van der Waals surface area contributed by atoms with E-state index < -0.39 is 5.54 Å². The summed E-state index contributed by atoms with van der Waals surface area (Å²) in [6, 6.07) is 0.482. The van der Waals surface area contributed by atoms with E-state index in [4.69, 9.17) is 4.74 Å². The summed E-state index contributed by atoms with van der Waals surface area (Å²) >= 11 is 0. The van der Waals surface area contributed by atoms with Gasteiger partial charge in [-0.25, -0.2) is 0 Å². The summed E-state index contributed by atoms with van der Waals surface area (Å²) in [4.78, 5) is 12.3. The summed E-state index contributed by atoms with van der Waals surface area (Å²) in [6.07, 6.45) is 8.18. The number of hydrogen-bond donors (Lipinski definition) is 1. The lowest BCUT2D eigenvalue weighted by molar-refractivity contribution is -0.151. The molecule has 0 aromatic carbocycles. The lowest BCUT2D eigenvalue weighted by Gasteiger charge is -2.35. The Hall–Kier alpha value is -0.570. The highest BCUT2D eigenvalue weighted by Gasteiger charge is 2.36. The summed E-state index contributed by atoms with van der Waals surface area (Å²) in [5.74, 6) is 0.531. The molecule has 0 radical (unpaired) electrons. The minimum atomic E-state index is -0.512. The van der Waals surface area contributed by atoms with Crippen LogP contribution >= 0.6 is 0 Å². The highest BCUT2D eigenvalue weighted by molar-refractivity contribution is 5.80. The van der Waals surface area contributed by atoms with Gasteiger partial charge in [-0.2, -0.15) is 0 Å². The standard InChI is InChI=1S/C16H31NO2/c1-5-19-15(18)16(4,12-11-13(2)3)17-14-9-7-6-8-10-14/h13-14,17H,5-12H2,1-4H3. The van der Waals surface area contributed by atoms with Crippen LogP contribution in [0.15, 0.2) is 0 Å². The first-order valence-corrected chi connectivity index (χ1v) is 7.93. The largest absolute Gasteiger partial charge is 0.465 e. The highest BCUT2D eigenvalue weighted by atomic mass is 16.5. The fourth-order valence-electron chi connectivity index (χ4n) is 2.80. The molecule has 0 aromatic heterocycles. The summed E-state index contributed by atoms with van der Waals surface area (Å²) < 4.78 is 5.28. The lowest BCUT2D eigenvalue weighted by Crippen LogP contribution is -2.55. The van der Waals surface area contributed by atoms with Crippen LogP contribution in [0.25, 0.3) is 0 Å². The van der Waals surface area contributed by atoms with E-state index in [-0.39, 0.29) is 5.97 Å². The van der Waals surface area contributed by atoms with E-state index in [0.717, 1.165) is 12.8 Å². The quantitative estimate of drug-likeness (QED) is 0.717. The molecule has 19 heavy (non-hydrogen) atoms. The number of carbonyl (C=O) groups is 1. The average Bonchev–Trinajstić information content (AvgIpc) is 2.38.